The van der Waals surface area contributed by atoms with Crippen LogP contribution in [0.1, 0.15) is 41.4 Å². The van der Waals surface area contributed by atoms with Crippen LogP contribution in [0.3, 0.4) is 0 Å². The van der Waals surface area contributed by atoms with Gasteiger partial charge in [-0.3, -0.25) is 20.2 Å². The molecule has 29 heavy (non-hydrogen) atoms. The zero-order valence-electron chi connectivity index (χ0n) is 14.7. The molecule has 4 N–H and O–H groups in total. The highest BCUT2D eigenvalue weighted by Gasteiger charge is 2.32. The Balaban J connectivity index is 2.00. The predicted octanol–water partition coefficient (Wildman–Crippen LogP) is 3.18. The highest BCUT2D eigenvalue weighted by atomic mass is 16.4. The second-order valence-corrected chi connectivity index (χ2v) is 5.76. The summed E-state index contributed by atoms with van der Waals surface area (Å²) < 4.78 is 5.23. The molecule has 146 valence electrons. The average Bonchev–Trinajstić information content (AvgIpc) is 3.07. The van der Waals surface area contributed by atoms with Gasteiger partial charge in [-0.15, -0.1) is 0 Å². The minimum atomic E-state index is -1.64. The first-order chi connectivity index (χ1) is 13.9. The lowest BCUT2D eigenvalue weighted by Crippen LogP contribution is -2.16. The molecule has 0 fully saturated rings. The molecule has 0 spiro atoms. The van der Waals surface area contributed by atoms with E-state index in [0.29, 0.717) is 0 Å². The number of nitrogens with one attached hydrogen (secondary N) is 2. The van der Waals surface area contributed by atoms with Crippen LogP contribution >= 0.6 is 0 Å². The molecule has 9 nitrogen and oxygen atoms in total. The molecule has 1 heterocycles. The van der Waals surface area contributed by atoms with E-state index in [1.54, 1.807) is 36.4 Å². The topological polar surface area (TPSA) is 146 Å². The number of amides is 2. The van der Waals surface area contributed by atoms with Crippen molar-refractivity contribution in [2.45, 2.75) is 0 Å². The van der Waals surface area contributed by atoms with Gasteiger partial charge in [0.1, 0.15) is 11.1 Å². The van der Waals surface area contributed by atoms with Crippen molar-refractivity contribution in [3.8, 4) is 0 Å². The molecule has 0 radical (unpaired) electrons. The van der Waals surface area contributed by atoms with Gasteiger partial charge < -0.3 is 14.6 Å². The van der Waals surface area contributed by atoms with Crippen LogP contribution in [0.15, 0.2) is 65.1 Å². The summed E-state index contributed by atoms with van der Waals surface area (Å²) in [7, 11) is 0. The zero-order chi connectivity index (χ0) is 21.0. The van der Waals surface area contributed by atoms with Gasteiger partial charge in [0.05, 0.1) is 0 Å². The van der Waals surface area contributed by atoms with Crippen molar-refractivity contribution >= 4 is 35.5 Å². The van der Waals surface area contributed by atoms with E-state index in [1.807, 2.05) is 0 Å². The number of carbonyl (C=O) groups is 4. The maximum Gasteiger partial charge on any atom is 0.342 e. The van der Waals surface area contributed by atoms with Gasteiger partial charge in [0.25, 0.3) is 11.8 Å². The van der Waals surface area contributed by atoms with Crippen molar-refractivity contribution in [2.24, 2.45) is 0 Å². The predicted molar refractivity (Wildman–Crippen MR) is 101 cm³/mol. The third kappa shape index (κ3) is 4.14. The van der Waals surface area contributed by atoms with Crippen LogP contribution in [-0.4, -0.2) is 34.0 Å². The molecule has 3 aromatic rings. The third-order valence-electron chi connectivity index (χ3n) is 3.86. The number of carboxylic acid groups (broad SMARTS) is 2. The molecule has 0 unspecified atom stereocenters. The number of carboxylic acids is 2. The quantitative estimate of drug-likeness (QED) is 0.502. The fourth-order valence-corrected chi connectivity index (χ4v) is 2.54. The van der Waals surface area contributed by atoms with Crippen molar-refractivity contribution in [1.29, 1.82) is 0 Å². The van der Waals surface area contributed by atoms with Gasteiger partial charge in [-0.2, -0.15) is 0 Å². The number of rotatable bonds is 6. The van der Waals surface area contributed by atoms with Crippen LogP contribution in [0.4, 0.5) is 11.8 Å². The van der Waals surface area contributed by atoms with Crippen LogP contribution < -0.4 is 10.6 Å². The fraction of sp³-hybridized carbons (Fsp3) is 0. The number of furan rings is 1. The summed E-state index contributed by atoms with van der Waals surface area (Å²) >= 11 is 0. The summed E-state index contributed by atoms with van der Waals surface area (Å²) in [6.07, 6.45) is 0. The Kier molecular flexibility index (Phi) is 5.40. The summed E-state index contributed by atoms with van der Waals surface area (Å²) in [6.45, 7) is 0. The Hall–Kier alpha value is -4.40. The van der Waals surface area contributed by atoms with E-state index in [-0.39, 0.29) is 11.1 Å². The standard InChI is InChI=1S/C20H14N2O7/c23-15(11-7-3-1-4-8-11)21-17-13(19(25)26)14(20(27)28)18(29-17)22-16(24)12-9-5-2-6-10-12/h1-10H,(H,21,23)(H,22,24)(H,25,26)(H,27,28). The van der Waals surface area contributed by atoms with Gasteiger partial charge in [0.2, 0.25) is 11.8 Å². The Morgan fingerprint density at radius 3 is 1.28 bits per heavy atom. The third-order valence-corrected chi connectivity index (χ3v) is 3.86. The first kappa shape index (κ1) is 19.4. The summed E-state index contributed by atoms with van der Waals surface area (Å²) in [6, 6.07) is 15.7. The first-order valence-corrected chi connectivity index (χ1v) is 8.24. The molecule has 2 amide bonds. The maximum atomic E-state index is 12.3. The van der Waals surface area contributed by atoms with Gasteiger partial charge in [0.15, 0.2) is 0 Å². The van der Waals surface area contributed by atoms with Crippen LogP contribution in [-0.2, 0) is 0 Å². The molecule has 0 aliphatic rings. The Morgan fingerprint density at radius 2 is 0.966 bits per heavy atom. The van der Waals surface area contributed by atoms with E-state index in [1.165, 1.54) is 24.3 Å². The molecule has 1 aromatic heterocycles. The Morgan fingerprint density at radius 1 is 0.621 bits per heavy atom. The van der Waals surface area contributed by atoms with Gasteiger partial charge in [-0.25, -0.2) is 9.59 Å². The molecule has 3 rings (SSSR count). The highest BCUT2D eigenvalue weighted by molar-refractivity contribution is 6.14. The van der Waals surface area contributed by atoms with E-state index >= 15 is 0 Å². The van der Waals surface area contributed by atoms with Crippen molar-refractivity contribution in [3.63, 3.8) is 0 Å². The van der Waals surface area contributed by atoms with Crippen molar-refractivity contribution in [1.82, 2.24) is 0 Å². The molecule has 2 aromatic carbocycles. The molecule has 0 atom stereocenters. The minimum Gasteiger partial charge on any atom is -0.477 e. The van der Waals surface area contributed by atoms with E-state index in [4.69, 9.17) is 4.42 Å². The molecule has 0 saturated heterocycles. The highest BCUT2D eigenvalue weighted by Crippen LogP contribution is 2.32. The van der Waals surface area contributed by atoms with Crippen LogP contribution in [0, 0.1) is 0 Å². The van der Waals surface area contributed by atoms with Crippen LogP contribution in [0.2, 0.25) is 0 Å². The van der Waals surface area contributed by atoms with Gasteiger partial charge in [0, 0.05) is 11.1 Å². The number of aromatic carboxylic acids is 2. The number of hydrogen-bond acceptors (Lipinski definition) is 5. The van der Waals surface area contributed by atoms with Crippen LogP contribution in [0.25, 0.3) is 0 Å². The second-order valence-electron chi connectivity index (χ2n) is 5.76. The van der Waals surface area contributed by atoms with E-state index < -0.39 is 46.6 Å². The zero-order valence-corrected chi connectivity index (χ0v) is 14.7. The summed E-state index contributed by atoms with van der Waals surface area (Å²) in [5.41, 5.74) is -1.17. The first-order valence-electron chi connectivity index (χ1n) is 8.24. The monoisotopic (exact) mass is 394 g/mol. The van der Waals surface area contributed by atoms with E-state index in [0.717, 1.165) is 0 Å². The Bertz CT molecular complexity index is 1000. The van der Waals surface area contributed by atoms with Gasteiger partial charge in [-0.05, 0) is 24.3 Å². The fourth-order valence-electron chi connectivity index (χ4n) is 2.54. The SMILES string of the molecule is O=C(Nc1oc(NC(=O)c2ccccc2)c(C(=O)O)c1C(=O)O)c1ccccc1. The van der Waals surface area contributed by atoms with Crippen LogP contribution in [0.5, 0.6) is 0 Å². The molecular weight excluding hydrogens is 380 g/mol. The molecular formula is C20H14N2O7. The Labute approximate surface area is 163 Å². The average molecular weight is 394 g/mol. The van der Waals surface area contributed by atoms with Crippen molar-refractivity contribution in [2.75, 3.05) is 10.6 Å². The second kappa shape index (κ2) is 8.09. The summed E-state index contributed by atoms with van der Waals surface area (Å²) in [5, 5.41) is 23.4. The normalized spacial score (nSPS) is 10.2. The van der Waals surface area contributed by atoms with Crippen molar-refractivity contribution < 1.29 is 33.8 Å². The number of benzene rings is 2. The summed E-state index contributed by atoms with van der Waals surface area (Å²) in [4.78, 5) is 47.9. The lowest BCUT2D eigenvalue weighted by molar-refractivity contribution is 0.0654. The minimum absolute atomic E-state index is 0.201. The van der Waals surface area contributed by atoms with E-state index in [9.17, 15) is 29.4 Å². The van der Waals surface area contributed by atoms with Gasteiger partial charge in [-0.1, -0.05) is 36.4 Å². The molecule has 0 aliphatic carbocycles. The summed E-state index contributed by atoms with van der Waals surface area (Å²) in [5.74, 6) is -5.91. The molecule has 9 heteroatoms. The molecule has 0 bridgehead atoms. The van der Waals surface area contributed by atoms with Gasteiger partial charge >= 0.3 is 11.9 Å². The lowest BCUT2D eigenvalue weighted by Gasteiger charge is -2.03. The number of carbonyl (C=O) groups excluding carboxylic acids is 2. The maximum absolute atomic E-state index is 12.3. The lowest BCUT2D eigenvalue weighted by atomic mass is 10.1. The van der Waals surface area contributed by atoms with E-state index in [2.05, 4.69) is 10.6 Å². The van der Waals surface area contributed by atoms with Crippen molar-refractivity contribution in [3.05, 3.63) is 82.9 Å². The smallest absolute Gasteiger partial charge is 0.342 e. The number of hydrogen-bond donors (Lipinski definition) is 4. The number of anilines is 2. The largest absolute Gasteiger partial charge is 0.477 e. The molecule has 0 saturated carbocycles. The molecule has 0 aliphatic heterocycles.